The SMILES string of the molecule is CCC(C)(C(=O)NC(C)c1ncc(C)o1)C(N)=S. The zero-order valence-electron chi connectivity index (χ0n) is 11.1. The lowest BCUT2D eigenvalue weighted by Crippen LogP contribution is -2.47. The van der Waals surface area contributed by atoms with Gasteiger partial charge in [0, 0.05) is 0 Å². The quantitative estimate of drug-likeness (QED) is 0.797. The Morgan fingerprint density at radius 2 is 2.33 bits per heavy atom. The van der Waals surface area contributed by atoms with Crippen LogP contribution in [0.25, 0.3) is 0 Å². The number of aryl methyl sites for hydroxylation is 1. The van der Waals surface area contributed by atoms with Gasteiger partial charge in [0.1, 0.15) is 11.8 Å². The molecule has 0 spiro atoms. The van der Waals surface area contributed by atoms with Crippen LogP contribution in [-0.4, -0.2) is 15.9 Å². The molecule has 0 saturated carbocycles. The number of nitrogens with one attached hydrogen (secondary N) is 1. The summed E-state index contributed by atoms with van der Waals surface area (Å²) in [5.41, 5.74) is 4.79. The number of amides is 1. The van der Waals surface area contributed by atoms with Crippen LogP contribution in [0.2, 0.25) is 0 Å². The van der Waals surface area contributed by atoms with E-state index >= 15 is 0 Å². The van der Waals surface area contributed by atoms with Crippen LogP contribution in [0.5, 0.6) is 0 Å². The highest BCUT2D eigenvalue weighted by Gasteiger charge is 2.35. The minimum atomic E-state index is -0.842. The van der Waals surface area contributed by atoms with Crippen LogP contribution in [0.15, 0.2) is 10.6 Å². The lowest BCUT2D eigenvalue weighted by molar-refractivity contribution is -0.127. The van der Waals surface area contributed by atoms with Gasteiger partial charge in [0.25, 0.3) is 0 Å². The first-order valence-corrected chi connectivity index (χ1v) is 6.25. The van der Waals surface area contributed by atoms with E-state index < -0.39 is 5.41 Å². The van der Waals surface area contributed by atoms with Gasteiger partial charge in [-0.2, -0.15) is 0 Å². The maximum Gasteiger partial charge on any atom is 0.233 e. The van der Waals surface area contributed by atoms with Crippen LogP contribution in [0.1, 0.15) is 44.9 Å². The standard InChI is InChI=1S/C12H19N3O2S/c1-5-12(4,10(13)18)11(16)15-8(3)9-14-6-7(2)17-9/h6,8H,5H2,1-4H3,(H2,13,18)(H,15,16). The van der Waals surface area contributed by atoms with Gasteiger partial charge in [-0.15, -0.1) is 0 Å². The Balaban J connectivity index is 2.78. The second-order valence-corrected chi connectivity index (χ2v) is 4.99. The zero-order chi connectivity index (χ0) is 13.9. The minimum absolute atomic E-state index is 0.193. The second-order valence-electron chi connectivity index (χ2n) is 4.55. The van der Waals surface area contributed by atoms with E-state index in [1.807, 2.05) is 6.92 Å². The second kappa shape index (κ2) is 5.48. The van der Waals surface area contributed by atoms with Crippen molar-refractivity contribution in [1.82, 2.24) is 10.3 Å². The first-order chi connectivity index (χ1) is 8.31. The fourth-order valence-electron chi connectivity index (χ4n) is 1.44. The Hall–Kier alpha value is -1.43. The van der Waals surface area contributed by atoms with E-state index in [1.165, 1.54) is 0 Å². The summed E-state index contributed by atoms with van der Waals surface area (Å²) >= 11 is 4.96. The molecule has 0 saturated heterocycles. The third kappa shape index (κ3) is 2.87. The van der Waals surface area contributed by atoms with Crippen molar-refractivity contribution in [2.45, 2.75) is 40.2 Å². The maximum absolute atomic E-state index is 12.2. The van der Waals surface area contributed by atoms with E-state index in [2.05, 4.69) is 10.3 Å². The van der Waals surface area contributed by atoms with Gasteiger partial charge < -0.3 is 15.5 Å². The molecule has 0 bridgehead atoms. The lowest BCUT2D eigenvalue weighted by atomic mass is 9.86. The molecule has 0 aliphatic carbocycles. The molecule has 6 heteroatoms. The molecule has 0 aromatic carbocycles. The van der Waals surface area contributed by atoms with Crippen molar-refractivity contribution in [1.29, 1.82) is 0 Å². The Bertz CT molecular complexity index is 458. The number of nitrogens with two attached hydrogens (primary N) is 1. The molecule has 1 heterocycles. The number of aromatic nitrogens is 1. The van der Waals surface area contributed by atoms with Crippen LogP contribution in [0, 0.1) is 12.3 Å². The van der Waals surface area contributed by atoms with Crippen molar-refractivity contribution >= 4 is 23.1 Å². The van der Waals surface area contributed by atoms with Crippen LogP contribution in [-0.2, 0) is 4.79 Å². The number of rotatable bonds is 5. The number of hydrogen-bond acceptors (Lipinski definition) is 4. The number of thiocarbonyl (C=S) groups is 1. The van der Waals surface area contributed by atoms with Gasteiger partial charge in [-0.3, -0.25) is 4.79 Å². The summed E-state index contributed by atoms with van der Waals surface area (Å²) in [7, 11) is 0. The topological polar surface area (TPSA) is 81.2 Å². The van der Waals surface area contributed by atoms with E-state index in [9.17, 15) is 4.79 Å². The molecule has 2 atom stereocenters. The summed E-state index contributed by atoms with van der Waals surface area (Å²) in [6.45, 7) is 7.21. The van der Waals surface area contributed by atoms with Crippen molar-refractivity contribution in [3.63, 3.8) is 0 Å². The molecule has 5 nitrogen and oxygen atoms in total. The molecule has 0 fully saturated rings. The highest BCUT2D eigenvalue weighted by molar-refractivity contribution is 7.80. The molecule has 0 aliphatic heterocycles. The van der Waals surface area contributed by atoms with E-state index in [4.69, 9.17) is 22.4 Å². The summed E-state index contributed by atoms with van der Waals surface area (Å²) in [6, 6.07) is -0.313. The van der Waals surface area contributed by atoms with Crippen molar-refractivity contribution in [3.8, 4) is 0 Å². The van der Waals surface area contributed by atoms with Crippen LogP contribution in [0.3, 0.4) is 0 Å². The Labute approximate surface area is 112 Å². The van der Waals surface area contributed by atoms with E-state index in [0.717, 1.165) is 0 Å². The first kappa shape index (κ1) is 14.6. The summed E-state index contributed by atoms with van der Waals surface area (Å²) < 4.78 is 5.36. The first-order valence-electron chi connectivity index (χ1n) is 5.84. The van der Waals surface area contributed by atoms with Crippen molar-refractivity contribution in [2.24, 2.45) is 11.1 Å². The average molecular weight is 269 g/mol. The highest BCUT2D eigenvalue weighted by atomic mass is 32.1. The summed E-state index contributed by atoms with van der Waals surface area (Å²) in [5, 5.41) is 2.82. The minimum Gasteiger partial charge on any atom is -0.444 e. The molecule has 1 rings (SSSR count). The number of nitrogens with zero attached hydrogens (tertiary/aromatic N) is 1. The van der Waals surface area contributed by atoms with Gasteiger partial charge in [0.15, 0.2) is 0 Å². The normalized spacial score (nSPS) is 15.8. The molecule has 1 aromatic heterocycles. The molecule has 3 N–H and O–H groups in total. The molecular formula is C12H19N3O2S. The van der Waals surface area contributed by atoms with E-state index in [-0.39, 0.29) is 16.9 Å². The maximum atomic E-state index is 12.2. The zero-order valence-corrected chi connectivity index (χ0v) is 11.9. The molecule has 0 radical (unpaired) electrons. The van der Waals surface area contributed by atoms with Crippen LogP contribution >= 0.6 is 12.2 Å². The Morgan fingerprint density at radius 3 is 2.72 bits per heavy atom. The summed E-state index contributed by atoms with van der Waals surface area (Å²) in [4.78, 5) is 16.4. The van der Waals surface area contributed by atoms with E-state index in [1.54, 1.807) is 27.0 Å². The largest absolute Gasteiger partial charge is 0.444 e. The highest BCUT2D eigenvalue weighted by Crippen LogP contribution is 2.23. The average Bonchev–Trinajstić information content (AvgIpc) is 2.74. The Kier molecular flexibility index (Phi) is 4.45. The van der Waals surface area contributed by atoms with Gasteiger partial charge in [-0.25, -0.2) is 4.98 Å². The van der Waals surface area contributed by atoms with Crippen molar-refractivity contribution in [3.05, 3.63) is 17.8 Å². The van der Waals surface area contributed by atoms with Crippen molar-refractivity contribution < 1.29 is 9.21 Å². The monoisotopic (exact) mass is 269 g/mol. The van der Waals surface area contributed by atoms with Gasteiger partial charge in [0.05, 0.1) is 16.6 Å². The molecule has 1 amide bonds. The predicted octanol–water partition coefficient (Wildman–Crippen LogP) is 1.86. The third-order valence-corrected chi connectivity index (χ3v) is 3.56. The van der Waals surface area contributed by atoms with Crippen LogP contribution in [0.4, 0.5) is 0 Å². The smallest absolute Gasteiger partial charge is 0.233 e. The predicted molar refractivity (Wildman–Crippen MR) is 73.0 cm³/mol. The fraction of sp³-hybridized carbons (Fsp3) is 0.583. The molecule has 2 unspecified atom stereocenters. The fourth-order valence-corrected chi connectivity index (χ4v) is 1.67. The lowest BCUT2D eigenvalue weighted by Gasteiger charge is -2.26. The van der Waals surface area contributed by atoms with E-state index in [0.29, 0.717) is 18.1 Å². The molecule has 18 heavy (non-hydrogen) atoms. The van der Waals surface area contributed by atoms with Gasteiger partial charge in [-0.05, 0) is 27.2 Å². The summed E-state index contributed by atoms with van der Waals surface area (Å²) in [5.74, 6) is 0.974. The van der Waals surface area contributed by atoms with Crippen LogP contribution < -0.4 is 11.1 Å². The van der Waals surface area contributed by atoms with Gasteiger partial charge in [0.2, 0.25) is 11.8 Å². The Morgan fingerprint density at radius 1 is 1.72 bits per heavy atom. The number of carbonyl (C=O) groups excluding carboxylic acids is 1. The molecule has 0 aliphatic rings. The van der Waals surface area contributed by atoms with Gasteiger partial charge >= 0.3 is 0 Å². The number of hydrogen-bond donors (Lipinski definition) is 2. The molecule has 1 aromatic rings. The number of oxazole rings is 1. The van der Waals surface area contributed by atoms with Gasteiger partial charge in [-0.1, -0.05) is 19.1 Å². The van der Waals surface area contributed by atoms with Crippen molar-refractivity contribution in [2.75, 3.05) is 0 Å². The number of carbonyl (C=O) groups is 1. The third-order valence-electron chi connectivity index (χ3n) is 3.11. The summed E-state index contributed by atoms with van der Waals surface area (Å²) in [6.07, 6.45) is 2.16. The molecular weight excluding hydrogens is 250 g/mol. The molecule has 100 valence electrons.